The molecular weight excluding hydrogens is 386 g/mol. The van der Waals surface area contributed by atoms with Crippen molar-refractivity contribution in [2.75, 3.05) is 13.1 Å². The number of carbonyl (C=O) groups is 1. The maximum absolute atomic E-state index is 13.3. The minimum atomic E-state index is -1.11. The van der Waals surface area contributed by atoms with Gasteiger partial charge in [-0.1, -0.05) is 35.9 Å². The fraction of sp³-hybridized carbons (Fsp3) is 0.381. The Morgan fingerprint density at radius 3 is 2.32 bits per heavy atom. The van der Waals surface area contributed by atoms with E-state index in [1.807, 2.05) is 24.3 Å². The first-order chi connectivity index (χ1) is 13.3. The van der Waals surface area contributed by atoms with Gasteiger partial charge in [0.25, 0.3) is 5.91 Å². The third-order valence-corrected chi connectivity index (χ3v) is 4.94. The van der Waals surface area contributed by atoms with Gasteiger partial charge in [0, 0.05) is 26.2 Å². The molecule has 0 bridgehead atoms. The third-order valence-electron chi connectivity index (χ3n) is 4.63. The number of halogens is 3. The van der Waals surface area contributed by atoms with Gasteiger partial charge in [-0.25, -0.2) is 8.78 Å². The van der Waals surface area contributed by atoms with Gasteiger partial charge >= 0.3 is 0 Å². The van der Waals surface area contributed by atoms with E-state index in [2.05, 4.69) is 24.1 Å². The summed E-state index contributed by atoms with van der Waals surface area (Å²) in [4.78, 5) is 14.6. The van der Waals surface area contributed by atoms with Crippen LogP contribution in [0.25, 0.3) is 0 Å². The lowest BCUT2D eigenvalue weighted by Crippen LogP contribution is -2.44. The molecular formula is C21H23ClF2N2O2. The molecule has 0 aliphatic carbocycles. The standard InChI is InChI=1S/C21H23ClF2N2O2/c1-13-10-26(11-14(2)28-13)12-16-5-3-15(4-6-16)9-25-21(27)17-7-19(23)20(24)8-18(17)22/h3-8,13-14H,9-12H2,1-2H3,(H,25,27). The second-order valence-corrected chi connectivity index (χ2v) is 7.60. The van der Waals surface area contributed by atoms with Crippen molar-refractivity contribution in [2.45, 2.75) is 39.1 Å². The van der Waals surface area contributed by atoms with Gasteiger partial charge in [0.1, 0.15) is 0 Å². The molecule has 2 aromatic rings. The number of morpholine rings is 1. The van der Waals surface area contributed by atoms with Crippen LogP contribution >= 0.6 is 11.6 Å². The molecule has 2 aromatic carbocycles. The highest BCUT2D eigenvalue weighted by molar-refractivity contribution is 6.33. The Kier molecular flexibility index (Phi) is 6.65. The molecule has 3 rings (SSSR count). The fourth-order valence-electron chi connectivity index (χ4n) is 3.41. The summed E-state index contributed by atoms with van der Waals surface area (Å²) in [5, 5.41) is 2.55. The summed E-state index contributed by atoms with van der Waals surface area (Å²) < 4.78 is 32.2. The first-order valence-corrected chi connectivity index (χ1v) is 9.58. The van der Waals surface area contributed by atoms with Gasteiger partial charge in [-0.2, -0.15) is 0 Å². The second kappa shape index (κ2) is 8.99. The Labute approximate surface area is 168 Å². The molecule has 1 saturated heterocycles. The number of hydrogen-bond donors (Lipinski definition) is 1. The summed E-state index contributed by atoms with van der Waals surface area (Å²) in [5.41, 5.74) is 1.99. The molecule has 1 N–H and O–H groups in total. The molecule has 1 heterocycles. The lowest BCUT2D eigenvalue weighted by Gasteiger charge is -2.35. The molecule has 1 aliphatic heterocycles. The summed E-state index contributed by atoms with van der Waals surface area (Å²) in [6.45, 7) is 7.06. The maximum atomic E-state index is 13.3. The monoisotopic (exact) mass is 408 g/mol. The van der Waals surface area contributed by atoms with Crippen molar-refractivity contribution in [3.63, 3.8) is 0 Å². The molecule has 1 amide bonds. The molecule has 2 atom stereocenters. The van der Waals surface area contributed by atoms with E-state index >= 15 is 0 Å². The Balaban J connectivity index is 1.56. The number of carbonyl (C=O) groups excluding carboxylic acids is 1. The molecule has 1 fully saturated rings. The Morgan fingerprint density at radius 2 is 1.68 bits per heavy atom. The van der Waals surface area contributed by atoms with Gasteiger partial charge in [-0.05, 0) is 37.1 Å². The number of rotatable bonds is 5. The van der Waals surface area contributed by atoms with Crippen LogP contribution in [0.1, 0.15) is 35.3 Å². The maximum Gasteiger partial charge on any atom is 0.253 e. The Bertz CT molecular complexity index is 835. The van der Waals surface area contributed by atoms with Crippen molar-refractivity contribution in [3.8, 4) is 0 Å². The molecule has 0 radical (unpaired) electrons. The van der Waals surface area contributed by atoms with Gasteiger partial charge in [-0.3, -0.25) is 9.69 Å². The zero-order valence-electron chi connectivity index (χ0n) is 15.8. The summed E-state index contributed by atoms with van der Waals surface area (Å²) in [6, 6.07) is 9.54. The largest absolute Gasteiger partial charge is 0.373 e. The summed E-state index contributed by atoms with van der Waals surface area (Å²) in [7, 11) is 0. The highest BCUT2D eigenvalue weighted by atomic mass is 35.5. The summed E-state index contributed by atoms with van der Waals surface area (Å²) in [6.07, 6.45) is 0.447. The lowest BCUT2D eigenvalue weighted by molar-refractivity contribution is -0.0704. The van der Waals surface area contributed by atoms with E-state index in [0.717, 1.165) is 37.3 Å². The predicted molar refractivity (Wildman–Crippen MR) is 104 cm³/mol. The van der Waals surface area contributed by atoms with E-state index in [-0.39, 0.29) is 29.3 Å². The molecule has 0 aromatic heterocycles. The van der Waals surface area contributed by atoms with Gasteiger partial charge in [0.2, 0.25) is 0 Å². The van der Waals surface area contributed by atoms with Crippen LogP contribution in [0.15, 0.2) is 36.4 Å². The minimum Gasteiger partial charge on any atom is -0.373 e. The number of nitrogens with zero attached hydrogens (tertiary/aromatic N) is 1. The number of ether oxygens (including phenoxy) is 1. The van der Waals surface area contributed by atoms with Gasteiger partial charge in [-0.15, -0.1) is 0 Å². The zero-order valence-corrected chi connectivity index (χ0v) is 16.6. The van der Waals surface area contributed by atoms with E-state index < -0.39 is 17.5 Å². The topological polar surface area (TPSA) is 41.6 Å². The van der Waals surface area contributed by atoms with E-state index in [0.29, 0.717) is 0 Å². The average Bonchev–Trinajstić information content (AvgIpc) is 2.63. The molecule has 4 nitrogen and oxygen atoms in total. The van der Waals surface area contributed by atoms with Crippen LogP contribution < -0.4 is 5.32 Å². The van der Waals surface area contributed by atoms with Crippen molar-refractivity contribution < 1.29 is 18.3 Å². The van der Waals surface area contributed by atoms with Crippen molar-refractivity contribution >= 4 is 17.5 Å². The van der Waals surface area contributed by atoms with Crippen LogP contribution in [0.2, 0.25) is 5.02 Å². The van der Waals surface area contributed by atoms with Crippen LogP contribution in [0, 0.1) is 11.6 Å². The highest BCUT2D eigenvalue weighted by Gasteiger charge is 2.22. The highest BCUT2D eigenvalue weighted by Crippen LogP contribution is 2.20. The number of amides is 1. The van der Waals surface area contributed by atoms with E-state index in [4.69, 9.17) is 16.3 Å². The summed E-state index contributed by atoms with van der Waals surface area (Å²) in [5.74, 6) is -2.74. The van der Waals surface area contributed by atoms with E-state index in [9.17, 15) is 13.6 Å². The second-order valence-electron chi connectivity index (χ2n) is 7.20. The first kappa shape index (κ1) is 20.7. The van der Waals surface area contributed by atoms with Crippen LogP contribution in [-0.4, -0.2) is 36.1 Å². The smallest absolute Gasteiger partial charge is 0.253 e. The molecule has 2 unspecified atom stereocenters. The zero-order chi connectivity index (χ0) is 20.3. The molecule has 28 heavy (non-hydrogen) atoms. The quantitative estimate of drug-likeness (QED) is 0.755. The number of hydrogen-bond acceptors (Lipinski definition) is 3. The fourth-order valence-corrected chi connectivity index (χ4v) is 3.64. The van der Waals surface area contributed by atoms with E-state index in [1.165, 1.54) is 5.56 Å². The van der Waals surface area contributed by atoms with Crippen molar-refractivity contribution in [1.82, 2.24) is 10.2 Å². The molecule has 150 valence electrons. The van der Waals surface area contributed by atoms with Gasteiger partial charge in [0.05, 0.1) is 22.8 Å². The van der Waals surface area contributed by atoms with Crippen LogP contribution in [0.4, 0.5) is 8.78 Å². The molecule has 0 saturated carbocycles. The third kappa shape index (κ3) is 5.28. The number of nitrogens with one attached hydrogen (secondary N) is 1. The van der Waals surface area contributed by atoms with Crippen molar-refractivity contribution in [2.24, 2.45) is 0 Å². The molecule has 7 heteroatoms. The van der Waals surface area contributed by atoms with Crippen molar-refractivity contribution in [3.05, 3.63) is 69.7 Å². The summed E-state index contributed by atoms with van der Waals surface area (Å²) >= 11 is 5.83. The predicted octanol–water partition coefficient (Wildman–Crippen LogP) is 4.16. The van der Waals surface area contributed by atoms with Crippen LogP contribution in [0.5, 0.6) is 0 Å². The molecule has 1 aliphatic rings. The Morgan fingerprint density at radius 1 is 1.11 bits per heavy atom. The van der Waals surface area contributed by atoms with Crippen LogP contribution in [0.3, 0.4) is 0 Å². The lowest BCUT2D eigenvalue weighted by atomic mass is 10.1. The minimum absolute atomic E-state index is 0.0901. The average molecular weight is 409 g/mol. The molecule has 0 spiro atoms. The number of benzene rings is 2. The van der Waals surface area contributed by atoms with Crippen molar-refractivity contribution in [1.29, 1.82) is 0 Å². The first-order valence-electron chi connectivity index (χ1n) is 9.20. The van der Waals surface area contributed by atoms with E-state index in [1.54, 1.807) is 0 Å². The van der Waals surface area contributed by atoms with Gasteiger partial charge in [0.15, 0.2) is 11.6 Å². The van der Waals surface area contributed by atoms with Gasteiger partial charge < -0.3 is 10.1 Å². The Hall–Kier alpha value is -2.02. The normalized spacial score (nSPS) is 20.2. The van der Waals surface area contributed by atoms with Crippen LogP contribution in [-0.2, 0) is 17.8 Å². The SMILES string of the molecule is CC1CN(Cc2ccc(CNC(=O)c3cc(F)c(F)cc3Cl)cc2)CC(C)O1.